The first-order chi connectivity index (χ1) is 8.38. The van der Waals surface area contributed by atoms with E-state index < -0.39 is 0 Å². The number of fused-ring (bicyclic) bond motifs is 1. The molecule has 4 heteroatoms. The fraction of sp³-hybridized carbons (Fsp3) is 0.692. The summed E-state index contributed by atoms with van der Waals surface area (Å²) < 4.78 is 0. The molecule has 0 amide bonds. The number of halogens is 1. The van der Waals surface area contributed by atoms with E-state index in [1.54, 1.807) is 6.33 Å². The smallest absolute Gasteiger partial charge is 0.135 e. The van der Waals surface area contributed by atoms with Gasteiger partial charge in [0.05, 0.1) is 0 Å². The summed E-state index contributed by atoms with van der Waals surface area (Å²) >= 11 is 3.61. The van der Waals surface area contributed by atoms with Gasteiger partial charge in [0.25, 0.3) is 0 Å². The molecule has 1 aromatic heterocycles. The van der Waals surface area contributed by atoms with Gasteiger partial charge in [-0.1, -0.05) is 15.9 Å². The molecule has 1 atom stereocenters. The summed E-state index contributed by atoms with van der Waals surface area (Å²) in [6.07, 6.45) is 7.93. The van der Waals surface area contributed by atoms with E-state index in [0.717, 1.165) is 30.8 Å². The average Bonchev–Trinajstić information content (AvgIpc) is 2.87. The third kappa shape index (κ3) is 2.19. The van der Waals surface area contributed by atoms with E-state index in [9.17, 15) is 0 Å². The van der Waals surface area contributed by atoms with Gasteiger partial charge >= 0.3 is 0 Å². The van der Waals surface area contributed by atoms with Gasteiger partial charge in [0.1, 0.15) is 12.1 Å². The molecule has 1 aromatic rings. The Bertz CT molecular complexity index is 408. The minimum atomic E-state index is 0.774. The van der Waals surface area contributed by atoms with E-state index in [4.69, 9.17) is 0 Å². The van der Waals surface area contributed by atoms with Gasteiger partial charge in [-0.2, -0.15) is 0 Å². The van der Waals surface area contributed by atoms with Crippen molar-refractivity contribution >= 4 is 21.7 Å². The molecule has 2 aliphatic rings. The molecule has 1 unspecified atom stereocenters. The molecule has 0 N–H and O–H groups in total. The van der Waals surface area contributed by atoms with Gasteiger partial charge in [0, 0.05) is 29.7 Å². The summed E-state index contributed by atoms with van der Waals surface area (Å²) in [5.41, 5.74) is 2.71. The van der Waals surface area contributed by atoms with Gasteiger partial charge in [-0.15, -0.1) is 0 Å². The molecule has 3 nitrogen and oxygen atoms in total. The Kier molecular flexibility index (Phi) is 3.32. The van der Waals surface area contributed by atoms with Crippen LogP contribution >= 0.6 is 15.9 Å². The largest absolute Gasteiger partial charge is 0.356 e. The highest BCUT2D eigenvalue weighted by molar-refractivity contribution is 9.09. The van der Waals surface area contributed by atoms with Gasteiger partial charge in [-0.05, 0) is 38.0 Å². The minimum Gasteiger partial charge on any atom is -0.356 e. The van der Waals surface area contributed by atoms with Crippen molar-refractivity contribution in [2.24, 2.45) is 5.92 Å². The summed E-state index contributed by atoms with van der Waals surface area (Å²) in [6.45, 7) is 2.31. The van der Waals surface area contributed by atoms with E-state index in [1.165, 1.54) is 42.8 Å². The van der Waals surface area contributed by atoms with Gasteiger partial charge in [-0.25, -0.2) is 9.97 Å². The third-order valence-electron chi connectivity index (χ3n) is 3.89. The van der Waals surface area contributed by atoms with Crippen molar-refractivity contribution in [2.75, 3.05) is 23.3 Å². The number of hydrogen-bond acceptors (Lipinski definition) is 3. The van der Waals surface area contributed by atoms with E-state index >= 15 is 0 Å². The molecule has 0 saturated carbocycles. The van der Waals surface area contributed by atoms with Gasteiger partial charge in [0.2, 0.25) is 0 Å². The van der Waals surface area contributed by atoms with Crippen LogP contribution in [-0.4, -0.2) is 28.4 Å². The zero-order valence-electron chi connectivity index (χ0n) is 10.0. The molecular weight excluding hydrogens is 278 g/mol. The molecule has 0 bridgehead atoms. The van der Waals surface area contributed by atoms with Gasteiger partial charge < -0.3 is 4.90 Å². The molecule has 2 heterocycles. The maximum atomic E-state index is 4.54. The topological polar surface area (TPSA) is 29.0 Å². The summed E-state index contributed by atoms with van der Waals surface area (Å²) in [5, 5.41) is 1.11. The monoisotopic (exact) mass is 295 g/mol. The second-order valence-electron chi connectivity index (χ2n) is 5.08. The lowest BCUT2D eigenvalue weighted by Gasteiger charge is -2.33. The Morgan fingerprint density at radius 1 is 1.29 bits per heavy atom. The Morgan fingerprint density at radius 2 is 2.24 bits per heavy atom. The number of piperidine rings is 1. The van der Waals surface area contributed by atoms with E-state index in [-0.39, 0.29) is 0 Å². The van der Waals surface area contributed by atoms with E-state index in [1.807, 2.05) is 0 Å². The SMILES string of the molecule is BrCC1CCCN(c2ncnc3c2CCC3)C1. The zero-order valence-corrected chi connectivity index (χ0v) is 11.6. The predicted octanol–water partition coefficient (Wildman–Crippen LogP) is 2.58. The number of rotatable bonds is 2. The van der Waals surface area contributed by atoms with Crippen LogP contribution in [0.3, 0.4) is 0 Å². The number of aryl methyl sites for hydroxylation is 1. The maximum absolute atomic E-state index is 4.54. The Labute approximate surface area is 111 Å². The summed E-state index contributed by atoms with van der Waals surface area (Å²) in [6, 6.07) is 0. The van der Waals surface area contributed by atoms with Crippen molar-refractivity contribution < 1.29 is 0 Å². The average molecular weight is 296 g/mol. The second kappa shape index (κ2) is 4.92. The maximum Gasteiger partial charge on any atom is 0.135 e. The predicted molar refractivity (Wildman–Crippen MR) is 72.8 cm³/mol. The molecule has 92 valence electrons. The number of nitrogens with zero attached hydrogens (tertiary/aromatic N) is 3. The van der Waals surface area contributed by atoms with Crippen molar-refractivity contribution in [2.45, 2.75) is 32.1 Å². The molecule has 1 aliphatic heterocycles. The molecule has 1 saturated heterocycles. The first kappa shape index (κ1) is 11.5. The highest BCUT2D eigenvalue weighted by Gasteiger charge is 2.25. The van der Waals surface area contributed by atoms with Crippen molar-refractivity contribution in [3.05, 3.63) is 17.6 Å². The van der Waals surface area contributed by atoms with Crippen LogP contribution in [-0.2, 0) is 12.8 Å². The van der Waals surface area contributed by atoms with Gasteiger partial charge in [0.15, 0.2) is 0 Å². The fourth-order valence-corrected chi connectivity index (χ4v) is 3.53. The van der Waals surface area contributed by atoms with Crippen LogP contribution in [0.5, 0.6) is 0 Å². The summed E-state index contributed by atoms with van der Waals surface area (Å²) in [7, 11) is 0. The van der Waals surface area contributed by atoms with Crippen LogP contribution in [0.2, 0.25) is 0 Å². The Hall–Kier alpha value is -0.640. The van der Waals surface area contributed by atoms with Crippen LogP contribution in [0.25, 0.3) is 0 Å². The van der Waals surface area contributed by atoms with Crippen molar-refractivity contribution in [3.8, 4) is 0 Å². The van der Waals surface area contributed by atoms with Crippen LogP contribution in [0.4, 0.5) is 5.82 Å². The number of anilines is 1. The normalized spacial score (nSPS) is 23.8. The quantitative estimate of drug-likeness (QED) is 0.786. The zero-order chi connectivity index (χ0) is 11.7. The molecule has 1 fully saturated rings. The molecule has 0 spiro atoms. The van der Waals surface area contributed by atoms with Crippen molar-refractivity contribution in [1.29, 1.82) is 0 Å². The lowest BCUT2D eigenvalue weighted by Crippen LogP contribution is -2.37. The lowest BCUT2D eigenvalue weighted by molar-refractivity contribution is 0.452. The van der Waals surface area contributed by atoms with Crippen LogP contribution < -0.4 is 4.90 Å². The minimum absolute atomic E-state index is 0.774. The summed E-state index contributed by atoms with van der Waals surface area (Å²) in [5.74, 6) is 1.99. The molecule has 0 aromatic carbocycles. The number of hydrogen-bond donors (Lipinski definition) is 0. The van der Waals surface area contributed by atoms with Crippen LogP contribution in [0.15, 0.2) is 6.33 Å². The molecule has 3 rings (SSSR count). The molecule has 1 aliphatic carbocycles. The van der Waals surface area contributed by atoms with Crippen molar-refractivity contribution in [3.63, 3.8) is 0 Å². The second-order valence-corrected chi connectivity index (χ2v) is 5.73. The molecule has 0 radical (unpaired) electrons. The highest BCUT2D eigenvalue weighted by Crippen LogP contribution is 2.30. The third-order valence-corrected chi connectivity index (χ3v) is 4.80. The first-order valence-electron chi connectivity index (χ1n) is 6.52. The Balaban J connectivity index is 1.86. The van der Waals surface area contributed by atoms with E-state index in [0.29, 0.717) is 0 Å². The first-order valence-corrected chi connectivity index (χ1v) is 7.64. The lowest BCUT2D eigenvalue weighted by atomic mass is 10.00. The number of alkyl halides is 1. The Morgan fingerprint density at radius 3 is 3.12 bits per heavy atom. The van der Waals surface area contributed by atoms with E-state index in [2.05, 4.69) is 30.8 Å². The molecular formula is C13H18BrN3. The van der Waals surface area contributed by atoms with Gasteiger partial charge in [-0.3, -0.25) is 0 Å². The highest BCUT2D eigenvalue weighted by atomic mass is 79.9. The van der Waals surface area contributed by atoms with Crippen molar-refractivity contribution in [1.82, 2.24) is 9.97 Å². The van der Waals surface area contributed by atoms with Crippen LogP contribution in [0, 0.1) is 5.92 Å². The summed E-state index contributed by atoms with van der Waals surface area (Å²) in [4.78, 5) is 11.4. The fourth-order valence-electron chi connectivity index (χ4n) is 3.00. The standard InChI is InChI=1S/C13H18BrN3/c14-7-10-3-2-6-17(8-10)13-11-4-1-5-12(11)15-9-16-13/h9-10H,1-8H2. The molecule has 17 heavy (non-hydrogen) atoms. The number of aromatic nitrogens is 2. The van der Waals surface area contributed by atoms with Crippen LogP contribution in [0.1, 0.15) is 30.5 Å².